The topological polar surface area (TPSA) is 32.8 Å². The van der Waals surface area contributed by atoms with E-state index in [1.165, 1.54) is 58.6 Å². The van der Waals surface area contributed by atoms with Crippen molar-refractivity contribution in [3.63, 3.8) is 0 Å². The Labute approximate surface area is 263 Å². The van der Waals surface area contributed by atoms with Crippen molar-refractivity contribution in [2.75, 3.05) is 45.9 Å². The highest BCUT2D eigenvalue weighted by Crippen LogP contribution is 2.46. The third-order valence-corrected chi connectivity index (χ3v) is 8.93. The molecule has 2 aliphatic heterocycles. The number of piperazine rings is 1. The van der Waals surface area contributed by atoms with Crippen molar-refractivity contribution in [2.24, 2.45) is 0 Å². The highest BCUT2D eigenvalue weighted by molar-refractivity contribution is 7.99. The number of fused-ring (bicyclic) bond motifs is 2. The van der Waals surface area contributed by atoms with E-state index in [4.69, 9.17) is 16.3 Å². The lowest BCUT2D eigenvalue weighted by Gasteiger charge is -2.34. The van der Waals surface area contributed by atoms with Crippen molar-refractivity contribution < 1.29 is 9.53 Å². The van der Waals surface area contributed by atoms with E-state index in [2.05, 4.69) is 59.2 Å². The van der Waals surface area contributed by atoms with Gasteiger partial charge < -0.3 is 9.64 Å². The molecule has 1 saturated heterocycles. The minimum Gasteiger partial charge on any atom is -0.464 e. The van der Waals surface area contributed by atoms with E-state index >= 15 is 0 Å². The molecule has 2 aliphatic rings. The maximum atomic E-state index is 12.0. The van der Waals surface area contributed by atoms with Crippen LogP contribution >= 0.6 is 48.2 Å². The number of unbranched alkanes of at least 4 members (excludes halogenated alkanes) is 6. The molecule has 222 valence electrons. The zero-order valence-corrected chi connectivity index (χ0v) is 27.0. The predicted molar refractivity (Wildman–Crippen MR) is 175 cm³/mol. The molecule has 0 bridgehead atoms. The fourth-order valence-electron chi connectivity index (χ4n) is 5.28. The maximum absolute atomic E-state index is 12.0. The standard InChI is InChI=1S/C32H43ClN2O2S.2ClH/c1-2-3-4-5-6-7-8-15-32(36)37-24-23-35-21-19-34(20-22-35)18-11-13-27-28-12-9-10-14-30(28)38-31-17-16-26(33)25-29(27)31;;/h9-10,12-14,16-17,25H,2-8,11,15,18-24H2,1H3;2*1H/b27-13+;;. The van der Waals surface area contributed by atoms with Gasteiger partial charge in [-0.1, -0.05) is 93.1 Å². The van der Waals surface area contributed by atoms with Gasteiger partial charge in [0.25, 0.3) is 0 Å². The number of rotatable bonds is 14. The molecule has 0 atom stereocenters. The van der Waals surface area contributed by atoms with Gasteiger partial charge in [0.2, 0.25) is 0 Å². The van der Waals surface area contributed by atoms with Gasteiger partial charge in [-0.05, 0) is 53.8 Å². The first-order valence-electron chi connectivity index (χ1n) is 14.5. The summed E-state index contributed by atoms with van der Waals surface area (Å²) in [6.07, 6.45) is 12.5. The Bertz CT molecular complexity index is 1070. The quantitative estimate of drug-likeness (QED) is 0.132. The highest BCUT2D eigenvalue weighted by atomic mass is 35.5. The van der Waals surface area contributed by atoms with Crippen molar-refractivity contribution >= 4 is 59.7 Å². The van der Waals surface area contributed by atoms with Crippen molar-refractivity contribution in [3.8, 4) is 0 Å². The van der Waals surface area contributed by atoms with Crippen molar-refractivity contribution in [1.82, 2.24) is 9.80 Å². The molecule has 8 heteroatoms. The van der Waals surface area contributed by atoms with Crippen LogP contribution in [0.5, 0.6) is 0 Å². The minimum absolute atomic E-state index is 0. The fourth-order valence-corrected chi connectivity index (χ4v) is 6.54. The lowest BCUT2D eigenvalue weighted by atomic mass is 9.96. The summed E-state index contributed by atoms with van der Waals surface area (Å²) in [5, 5.41) is 0.786. The van der Waals surface area contributed by atoms with Crippen LogP contribution in [0.4, 0.5) is 0 Å². The molecule has 0 aliphatic carbocycles. The number of carbonyl (C=O) groups excluding carboxylic acids is 1. The molecule has 0 saturated carbocycles. The second-order valence-corrected chi connectivity index (χ2v) is 11.9. The highest BCUT2D eigenvalue weighted by Gasteiger charge is 2.21. The van der Waals surface area contributed by atoms with E-state index in [9.17, 15) is 4.79 Å². The van der Waals surface area contributed by atoms with Gasteiger partial charge in [0.05, 0.1) is 0 Å². The van der Waals surface area contributed by atoms with E-state index in [1.807, 2.05) is 17.8 Å². The Balaban J connectivity index is 0.00000280. The number of esters is 1. The summed E-state index contributed by atoms with van der Waals surface area (Å²) in [6, 6.07) is 14.9. The van der Waals surface area contributed by atoms with Gasteiger partial charge >= 0.3 is 5.97 Å². The molecule has 40 heavy (non-hydrogen) atoms. The van der Waals surface area contributed by atoms with Gasteiger partial charge in [-0.15, -0.1) is 24.8 Å². The Morgan fingerprint density at radius 2 is 1.52 bits per heavy atom. The zero-order valence-electron chi connectivity index (χ0n) is 23.7. The molecule has 2 aromatic rings. The van der Waals surface area contributed by atoms with Gasteiger partial charge in [-0.25, -0.2) is 0 Å². The van der Waals surface area contributed by atoms with Gasteiger partial charge in [-0.2, -0.15) is 0 Å². The van der Waals surface area contributed by atoms with Crippen LogP contribution in [0.2, 0.25) is 5.02 Å². The normalized spacial score (nSPS) is 16.0. The Hall–Kier alpha value is -1.21. The number of nitrogens with zero attached hydrogens (tertiary/aromatic N) is 2. The van der Waals surface area contributed by atoms with Crippen molar-refractivity contribution in [2.45, 2.75) is 74.5 Å². The smallest absolute Gasteiger partial charge is 0.305 e. The molecule has 0 amide bonds. The van der Waals surface area contributed by atoms with Crippen LogP contribution < -0.4 is 0 Å². The van der Waals surface area contributed by atoms with Crippen LogP contribution in [-0.4, -0.2) is 61.6 Å². The number of carbonyl (C=O) groups is 1. The van der Waals surface area contributed by atoms with Crippen LogP contribution in [0.25, 0.3) is 5.57 Å². The Morgan fingerprint density at radius 1 is 0.875 bits per heavy atom. The second-order valence-electron chi connectivity index (χ2n) is 10.4. The number of hydrogen-bond donors (Lipinski definition) is 0. The van der Waals surface area contributed by atoms with Gasteiger partial charge in [-0.3, -0.25) is 9.69 Å². The summed E-state index contributed by atoms with van der Waals surface area (Å²) in [4.78, 5) is 19.6. The average Bonchev–Trinajstić information content (AvgIpc) is 2.93. The summed E-state index contributed by atoms with van der Waals surface area (Å²) in [7, 11) is 0. The first kappa shape index (κ1) is 35.0. The van der Waals surface area contributed by atoms with Crippen LogP contribution in [0.1, 0.15) is 75.8 Å². The zero-order chi connectivity index (χ0) is 26.6. The molecule has 2 aromatic carbocycles. The van der Waals surface area contributed by atoms with E-state index in [0.717, 1.165) is 63.6 Å². The Morgan fingerprint density at radius 3 is 2.27 bits per heavy atom. The molecule has 4 nitrogen and oxygen atoms in total. The maximum Gasteiger partial charge on any atom is 0.305 e. The monoisotopic (exact) mass is 626 g/mol. The minimum atomic E-state index is -0.0317. The molecular formula is C32H45Cl3N2O2S. The fraction of sp³-hybridized carbons (Fsp3) is 0.531. The second kappa shape index (κ2) is 19.1. The largest absolute Gasteiger partial charge is 0.464 e. The predicted octanol–water partition coefficient (Wildman–Crippen LogP) is 8.77. The molecule has 1 fully saturated rings. The molecule has 0 spiro atoms. The molecule has 2 heterocycles. The summed E-state index contributed by atoms with van der Waals surface area (Å²) < 4.78 is 5.50. The average molecular weight is 628 g/mol. The van der Waals surface area contributed by atoms with Crippen molar-refractivity contribution in [1.29, 1.82) is 0 Å². The first-order chi connectivity index (χ1) is 18.6. The van der Waals surface area contributed by atoms with E-state index in [-0.39, 0.29) is 30.8 Å². The van der Waals surface area contributed by atoms with Gasteiger partial charge in [0.15, 0.2) is 0 Å². The van der Waals surface area contributed by atoms with Gasteiger partial charge in [0.1, 0.15) is 6.61 Å². The van der Waals surface area contributed by atoms with Crippen molar-refractivity contribution in [3.05, 3.63) is 64.7 Å². The van der Waals surface area contributed by atoms with Crippen LogP contribution in [-0.2, 0) is 9.53 Å². The molecule has 0 unspecified atom stereocenters. The molecule has 0 N–H and O–H groups in total. The number of benzene rings is 2. The number of hydrogen-bond acceptors (Lipinski definition) is 5. The SMILES string of the molecule is CCCCCCCCCC(=O)OCCN1CCN(CC/C=C2\c3ccccc3Sc3ccc(Cl)cc32)CC1.Cl.Cl. The molecule has 0 radical (unpaired) electrons. The third kappa shape index (κ3) is 10.9. The summed E-state index contributed by atoms with van der Waals surface area (Å²) >= 11 is 8.19. The lowest BCUT2D eigenvalue weighted by Crippen LogP contribution is -2.47. The first-order valence-corrected chi connectivity index (χ1v) is 15.7. The van der Waals surface area contributed by atoms with Crippen LogP contribution in [0, 0.1) is 0 Å². The third-order valence-electron chi connectivity index (χ3n) is 7.54. The number of halogens is 3. The molecular weight excluding hydrogens is 583 g/mol. The lowest BCUT2D eigenvalue weighted by molar-refractivity contribution is -0.144. The van der Waals surface area contributed by atoms with Crippen LogP contribution in [0.15, 0.2) is 58.3 Å². The molecule has 4 rings (SSSR count). The van der Waals surface area contributed by atoms with E-state index < -0.39 is 0 Å². The summed E-state index contributed by atoms with van der Waals surface area (Å²) in [5.74, 6) is -0.0317. The van der Waals surface area contributed by atoms with E-state index in [1.54, 1.807) is 0 Å². The Kier molecular flexibility index (Phi) is 16.7. The van der Waals surface area contributed by atoms with Gasteiger partial charge in [0, 0.05) is 60.5 Å². The van der Waals surface area contributed by atoms with E-state index in [0.29, 0.717) is 13.0 Å². The molecule has 0 aromatic heterocycles. The number of ether oxygens (including phenoxy) is 1. The summed E-state index contributed by atoms with van der Waals surface area (Å²) in [6.45, 7) is 8.83. The summed E-state index contributed by atoms with van der Waals surface area (Å²) in [5.41, 5.74) is 3.85. The van der Waals surface area contributed by atoms with Crippen LogP contribution in [0.3, 0.4) is 0 Å².